The number of ether oxygens (including phenoxy) is 2. The van der Waals surface area contributed by atoms with E-state index in [4.69, 9.17) is 9.47 Å². The van der Waals surface area contributed by atoms with Crippen LogP contribution in [0.2, 0.25) is 0 Å². The Labute approximate surface area is 198 Å². The van der Waals surface area contributed by atoms with E-state index in [9.17, 15) is 9.59 Å². The summed E-state index contributed by atoms with van der Waals surface area (Å²) in [6.07, 6.45) is 6.04. The number of aromatic nitrogens is 3. The van der Waals surface area contributed by atoms with Crippen molar-refractivity contribution in [2.75, 3.05) is 20.2 Å². The first-order valence-corrected chi connectivity index (χ1v) is 11.5. The molecule has 1 atom stereocenters. The number of aryl methyl sites for hydroxylation is 1. The van der Waals surface area contributed by atoms with Gasteiger partial charge in [-0.15, -0.1) is 0 Å². The number of fused-ring (bicyclic) bond motifs is 2. The van der Waals surface area contributed by atoms with Gasteiger partial charge in [-0.25, -0.2) is 4.98 Å². The maximum Gasteiger partial charge on any atom is 0.270 e. The van der Waals surface area contributed by atoms with E-state index in [0.29, 0.717) is 44.7 Å². The van der Waals surface area contributed by atoms with Gasteiger partial charge in [0.25, 0.3) is 11.8 Å². The molecule has 0 saturated carbocycles. The van der Waals surface area contributed by atoms with Crippen molar-refractivity contribution in [1.29, 1.82) is 0 Å². The lowest BCUT2D eigenvalue weighted by Crippen LogP contribution is -2.54. The minimum Gasteiger partial charge on any atom is -0.497 e. The third-order valence-electron chi connectivity index (χ3n) is 6.77. The second-order valence-corrected chi connectivity index (χ2v) is 8.87. The molecule has 3 aromatic rings. The number of carbonyl (C=O) groups is 2. The molecule has 1 saturated heterocycles. The highest BCUT2D eigenvalue weighted by molar-refractivity contribution is 5.92. The summed E-state index contributed by atoms with van der Waals surface area (Å²) < 4.78 is 15.6. The molecule has 2 amide bonds. The van der Waals surface area contributed by atoms with E-state index in [0.717, 1.165) is 17.1 Å². The molecule has 5 rings (SSSR count). The van der Waals surface area contributed by atoms with Crippen LogP contribution in [0.3, 0.4) is 0 Å². The van der Waals surface area contributed by atoms with Crippen molar-refractivity contribution >= 4 is 11.8 Å². The zero-order valence-electron chi connectivity index (χ0n) is 19.4. The second kappa shape index (κ2) is 8.98. The smallest absolute Gasteiger partial charge is 0.270 e. The number of benzene rings is 1. The number of piperidine rings is 1. The summed E-state index contributed by atoms with van der Waals surface area (Å²) in [5.74, 6) is 1.42. The summed E-state index contributed by atoms with van der Waals surface area (Å²) >= 11 is 0. The Balaban J connectivity index is 1.28. The minimum absolute atomic E-state index is 0.00841. The van der Waals surface area contributed by atoms with Gasteiger partial charge in [-0.1, -0.05) is 12.1 Å². The number of amides is 2. The number of rotatable bonds is 5. The van der Waals surface area contributed by atoms with E-state index < -0.39 is 11.7 Å². The van der Waals surface area contributed by atoms with Crippen molar-refractivity contribution in [1.82, 2.24) is 24.3 Å². The van der Waals surface area contributed by atoms with E-state index in [-0.39, 0.29) is 11.8 Å². The van der Waals surface area contributed by atoms with Crippen LogP contribution in [0.4, 0.5) is 0 Å². The molecule has 178 valence electrons. The summed E-state index contributed by atoms with van der Waals surface area (Å²) in [4.78, 5) is 32.4. The van der Waals surface area contributed by atoms with Gasteiger partial charge in [-0.05, 0) is 29.8 Å². The molecule has 2 aliphatic rings. The standard InChI is InChI=1S/C25H29N5O4/c1-28-11-4-7-20(28)23(32)29-12-8-25(9-13-29)24-26-10-14-30(24)17-21(34-25)22(31)27-16-18-5-3-6-19(15-18)33-2/h3-7,10-11,14-15,21H,8-9,12-13,16-17H2,1-2H3,(H,27,31). The van der Waals surface area contributed by atoms with Gasteiger partial charge in [-0.3, -0.25) is 9.59 Å². The summed E-state index contributed by atoms with van der Waals surface area (Å²) in [5, 5.41) is 3.00. The summed E-state index contributed by atoms with van der Waals surface area (Å²) in [5.41, 5.74) is 0.927. The van der Waals surface area contributed by atoms with E-state index in [2.05, 4.69) is 10.3 Å². The van der Waals surface area contributed by atoms with Crippen molar-refractivity contribution in [2.24, 2.45) is 7.05 Å². The van der Waals surface area contributed by atoms with Crippen LogP contribution in [0.1, 0.15) is 34.7 Å². The quantitative estimate of drug-likeness (QED) is 0.626. The van der Waals surface area contributed by atoms with E-state index in [1.54, 1.807) is 13.3 Å². The topological polar surface area (TPSA) is 90.6 Å². The van der Waals surface area contributed by atoms with Gasteiger partial charge in [0.1, 0.15) is 22.9 Å². The van der Waals surface area contributed by atoms with Crippen molar-refractivity contribution in [2.45, 2.75) is 37.6 Å². The van der Waals surface area contributed by atoms with Gasteiger partial charge in [-0.2, -0.15) is 0 Å². The molecule has 4 heterocycles. The number of nitrogens with zero attached hydrogens (tertiary/aromatic N) is 4. The van der Waals surface area contributed by atoms with Gasteiger partial charge in [0.15, 0.2) is 6.10 Å². The zero-order chi connectivity index (χ0) is 23.7. The molecule has 2 aromatic heterocycles. The maximum absolute atomic E-state index is 13.1. The van der Waals surface area contributed by atoms with Crippen LogP contribution in [0, 0.1) is 0 Å². The highest BCUT2D eigenvalue weighted by Gasteiger charge is 2.47. The van der Waals surface area contributed by atoms with Gasteiger partial charge in [0, 0.05) is 58.1 Å². The highest BCUT2D eigenvalue weighted by atomic mass is 16.5. The first kappa shape index (κ1) is 22.2. The zero-order valence-corrected chi connectivity index (χ0v) is 19.4. The average Bonchev–Trinajstić information content (AvgIpc) is 3.52. The Morgan fingerprint density at radius 2 is 2.03 bits per heavy atom. The molecule has 1 N–H and O–H groups in total. The number of likely N-dealkylation sites (tertiary alicyclic amines) is 1. The molecule has 9 heteroatoms. The third-order valence-corrected chi connectivity index (χ3v) is 6.77. The SMILES string of the molecule is COc1cccc(CNC(=O)C2Cn3ccnc3C3(CCN(C(=O)c4cccn4C)CC3)O2)c1. The lowest BCUT2D eigenvalue weighted by Gasteiger charge is -2.45. The molecule has 1 aromatic carbocycles. The molecule has 2 aliphatic heterocycles. The molecule has 0 aliphatic carbocycles. The predicted octanol–water partition coefficient (Wildman–Crippen LogP) is 2.08. The van der Waals surface area contributed by atoms with Gasteiger partial charge >= 0.3 is 0 Å². The normalized spacial score (nSPS) is 19.0. The van der Waals surface area contributed by atoms with E-state index in [1.807, 2.05) is 69.9 Å². The van der Waals surface area contributed by atoms with E-state index in [1.165, 1.54) is 0 Å². The van der Waals surface area contributed by atoms with Gasteiger partial charge in [0.2, 0.25) is 0 Å². The molecule has 1 spiro atoms. The lowest BCUT2D eigenvalue weighted by molar-refractivity contribution is -0.172. The van der Waals surface area contributed by atoms with Gasteiger partial charge in [0.05, 0.1) is 13.7 Å². The molecular weight excluding hydrogens is 434 g/mol. The van der Waals surface area contributed by atoms with Crippen molar-refractivity contribution < 1.29 is 19.1 Å². The van der Waals surface area contributed by atoms with Gasteiger partial charge < -0.3 is 28.8 Å². The third kappa shape index (κ3) is 4.07. The number of carbonyl (C=O) groups excluding carboxylic acids is 2. The molecule has 34 heavy (non-hydrogen) atoms. The largest absolute Gasteiger partial charge is 0.497 e. The minimum atomic E-state index is -0.690. The first-order valence-electron chi connectivity index (χ1n) is 11.5. The number of hydrogen-bond donors (Lipinski definition) is 1. The number of hydrogen-bond acceptors (Lipinski definition) is 5. The summed E-state index contributed by atoms with van der Waals surface area (Å²) in [6, 6.07) is 11.3. The fourth-order valence-corrected chi connectivity index (χ4v) is 4.88. The van der Waals surface area contributed by atoms with E-state index >= 15 is 0 Å². The van der Waals surface area contributed by atoms with Crippen molar-refractivity contribution in [3.63, 3.8) is 0 Å². The van der Waals surface area contributed by atoms with Crippen LogP contribution in [-0.4, -0.2) is 57.1 Å². The van der Waals surface area contributed by atoms with Crippen LogP contribution in [0.25, 0.3) is 0 Å². The molecule has 1 fully saturated rings. The van der Waals surface area contributed by atoms with Crippen molar-refractivity contribution in [3.05, 3.63) is 72.1 Å². The second-order valence-electron chi connectivity index (χ2n) is 8.87. The van der Waals surface area contributed by atoms with Crippen LogP contribution in [0.15, 0.2) is 55.0 Å². The van der Waals surface area contributed by atoms with Crippen LogP contribution in [0.5, 0.6) is 5.75 Å². The number of imidazole rings is 1. The van der Waals surface area contributed by atoms with Crippen LogP contribution >= 0.6 is 0 Å². The molecule has 1 unspecified atom stereocenters. The Kier molecular flexibility index (Phi) is 5.87. The molecule has 9 nitrogen and oxygen atoms in total. The maximum atomic E-state index is 13.1. The molecule has 0 bridgehead atoms. The Morgan fingerprint density at radius 3 is 2.76 bits per heavy atom. The fraction of sp³-hybridized carbons (Fsp3) is 0.400. The number of methoxy groups -OCH3 is 1. The summed E-state index contributed by atoms with van der Waals surface area (Å²) in [7, 11) is 3.49. The Morgan fingerprint density at radius 1 is 1.21 bits per heavy atom. The average molecular weight is 464 g/mol. The lowest BCUT2D eigenvalue weighted by atomic mass is 9.88. The number of nitrogens with one attached hydrogen (secondary N) is 1. The van der Waals surface area contributed by atoms with Crippen LogP contribution in [-0.2, 0) is 35.3 Å². The Bertz CT molecular complexity index is 1190. The monoisotopic (exact) mass is 463 g/mol. The first-order chi connectivity index (χ1) is 16.5. The van der Waals surface area contributed by atoms with Crippen molar-refractivity contribution in [3.8, 4) is 5.75 Å². The fourth-order valence-electron chi connectivity index (χ4n) is 4.88. The predicted molar refractivity (Wildman–Crippen MR) is 124 cm³/mol. The highest BCUT2D eigenvalue weighted by Crippen LogP contribution is 2.40. The molecule has 0 radical (unpaired) electrons. The Hall–Kier alpha value is -3.59. The summed E-state index contributed by atoms with van der Waals surface area (Å²) in [6.45, 7) is 1.87. The molecular formula is C25H29N5O4. The van der Waals surface area contributed by atoms with Crippen LogP contribution < -0.4 is 10.1 Å².